The first-order valence-electron chi connectivity index (χ1n) is 10.9. The molecule has 0 unspecified atom stereocenters. The summed E-state index contributed by atoms with van der Waals surface area (Å²) in [5.74, 6) is 0.517. The van der Waals surface area contributed by atoms with Gasteiger partial charge in [-0.2, -0.15) is 0 Å². The van der Waals surface area contributed by atoms with Crippen LogP contribution in [0.3, 0.4) is 0 Å². The highest BCUT2D eigenvalue weighted by molar-refractivity contribution is 6.17. The maximum atomic E-state index is 13.1. The number of nitrogens with zero attached hydrogens (tertiary/aromatic N) is 2. The quantitative estimate of drug-likeness (QED) is 0.427. The van der Waals surface area contributed by atoms with E-state index < -0.39 is 6.29 Å². The zero-order valence-electron chi connectivity index (χ0n) is 20.2. The number of likely N-dealkylation sites (N-methyl/N-ethyl adjacent to an activating group) is 1. The van der Waals surface area contributed by atoms with Crippen LogP contribution in [0.15, 0.2) is 47.5 Å². The number of methoxy groups -OCH3 is 3. The fourth-order valence-corrected chi connectivity index (χ4v) is 4.00. The molecule has 7 nitrogen and oxygen atoms in total. The Kier molecular flexibility index (Phi) is 7.66. The summed E-state index contributed by atoms with van der Waals surface area (Å²) in [4.78, 5) is 32.2. The molecule has 0 atom stereocenters. The molecule has 1 aliphatic rings. The molecule has 7 heteroatoms. The van der Waals surface area contributed by atoms with Gasteiger partial charge in [-0.05, 0) is 50.1 Å². The molecule has 1 aliphatic heterocycles. The lowest BCUT2D eigenvalue weighted by Gasteiger charge is -2.29. The van der Waals surface area contributed by atoms with Crippen LogP contribution in [0, 0.1) is 0 Å². The van der Waals surface area contributed by atoms with Gasteiger partial charge < -0.3 is 19.1 Å². The van der Waals surface area contributed by atoms with E-state index in [1.165, 1.54) is 19.1 Å². The number of aliphatic imine (C=N–C) groups is 1. The zero-order valence-corrected chi connectivity index (χ0v) is 20.2. The first kappa shape index (κ1) is 24.6. The van der Waals surface area contributed by atoms with E-state index in [1.807, 2.05) is 18.2 Å². The molecule has 0 aromatic heterocycles. The topological polar surface area (TPSA) is 77.4 Å². The Morgan fingerprint density at radius 1 is 1.03 bits per heavy atom. The zero-order chi connectivity index (χ0) is 24.2. The van der Waals surface area contributed by atoms with E-state index in [2.05, 4.69) is 13.8 Å². The first-order valence-corrected chi connectivity index (χ1v) is 10.9. The average Bonchev–Trinajstić information content (AvgIpc) is 2.81. The van der Waals surface area contributed by atoms with E-state index >= 15 is 0 Å². The second kappa shape index (κ2) is 10.3. The molecule has 3 rings (SSSR count). The van der Waals surface area contributed by atoms with Crippen molar-refractivity contribution in [3.05, 3.63) is 64.7 Å². The maximum Gasteiger partial charge on any atom is 0.253 e. The number of carbonyl (C=O) groups excluding carboxylic acids is 2. The minimum atomic E-state index is -0.498. The summed E-state index contributed by atoms with van der Waals surface area (Å²) in [5.41, 5.74) is 3.63. The molecule has 1 amide bonds. The molecule has 0 radical (unpaired) electrons. The number of fused-ring (bicyclic) bond motifs is 1. The van der Waals surface area contributed by atoms with E-state index in [9.17, 15) is 9.59 Å². The van der Waals surface area contributed by atoms with Crippen LogP contribution in [0.4, 0.5) is 0 Å². The maximum absolute atomic E-state index is 13.1. The summed E-state index contributed by atoms with van der Waals surface area (Å²) in [5, 5.41) is 0. The van der Waals surface area contributed by atoms with Crippen molar-refractivity contribution in [1.82, 2.24) is 4.90 Å². The number of ether oxygens (including phenoxy) is 3. The van der Waals surface area contributed by atoms with Crippen molar-refractivity contribution >= 4 is 17.4 Å². The van der Waals surface area contributed by atoms with Crippen LogP contribution >= 0.6 is 0 Å². The third kappa shape index (κ3) is 5.86. The number of rotatable bonds is 9. The minimum Gasteiger partial charge on any atom is -0.497 e. The number of carbonyl (C=O) groups is 2. The van der Waals surface area contributed by atoms with Crippen molar-refractivity contribution in [2.45, 2.75) is 38.5 Å². The fraction of sp³-hybridized carbons (Fsp3) is 0.423. The lowest BCUT2D eigenvalue weighted by molar-refractivity contribution is -0.110. The highest BCUT2D eigenvalue weighted by Crippen LogP contribution is 2.31. The highest BCUT2D eigenvalue weighted by Gasteiger charge is 2.28. The van der Waals surface area contributed by atoms with Gasteiger partial charge in [0.05, 0.1) is 31.3 Å². The first-order chi connectivity index (χ1) is 15.7. The molecule has 0 aliphatic carbocycles. The smallest absolute Gasteiger partial charge is 0.253 e. The van der Waals surface area contributed by atoms with Crippen molar-refractivity contribution in [3.63, 3.8) is 0 Å². The van der Waals surface area contributed by atoms with E-state index in [1.54, 1.807) is 38.4 Å². The summed E-state index contributed by atoms with van der Waals surface area (Å²) in [6, 6.07) is 12.6. The van der Waals surface area contributed by atoms with E-state index in [-0.39, 0.29) is 23.7 Å². The van der Waals surface area contributed by atoms with Gasteiger partial charge in [0.1, 0.15) is 5.75 Å². The molecule has 33 heavy (non-hydrogen) atoms. The Labute approximate surface area is 195 Å². The summed E-state index contributed by atoms with van der Waals surface area (Å²) >= 11 is 0. The Hall–Kier alpha value is -3.03. The summed E-state index contributed by atoms with van der Waals surface area (Å²) in [7, 11) is 6.36. The van der Waals surface area contributed by atoms with Crippen LogP contribution in [-0.2, 0) is 15.9 Å². The monoisotopic (exact) mass is 452 g/mol. The van der Waals surface area contributed by atoms with Gasteiger partial charge in [0.25, 0.3) is 5.91 Å². The Morgan fingerprint density at radius 2 is 1.67 bits per heavy atom. The van der Waals surface area contributed by atoms with E-state index in [0.717, 1.165) is 29.0 Å². The van der Waals surface area contributed by atoms with Crippen LogP contribution in [0.1, 0.15) is 52.1 Å². The second-order valence-corrected chi connectivity index (χ2v) is 8.83. The Morgan fingerprint density at radius 3 is 2.27 bits per heavy atom. The fourth-order valence-electron chi connectivity index (χ4n) is 4.00. The van der Waals surface area contributed by atoms with Crippen LogP contribution in [0.25, 0.3) is 0 Å². The molecule has 0 N–H and O–H groups in total. The molecule has 176 valence electrons. The number of hydrogen-bond donors (Lipinski definition) is 0. The van der Waals surface area contributed by atoms with Gasteiger partial charge in [0.2, 0.25) is 0 Å². The lowest BCUT2D eigenvalue weighted by Crippen LogP contribution is -2.36. The molecule has 0 saturated carbocycles. The molecule has 0 saturated heterocycles. The number of Topliss-reactive ketones (excluding diaryl/α,β-unsaturated/α-hetero) is 1. The second-order valence-electron chi connectivity index (χ2n) is 8.83. The number of amides is 1. The predicted molar refractivity (Wildman–Crippen MR) is 127 cm³/mol. The van der Waals surface area contributed by atoms with Crippen molar-refractivity contribution < 1.29 is 23.8 Å². The standard InChI is InChI=1S/C26H32N2O5/c1-26(2)15-19-11-12-20(31-4)13-21(19)22(27-26)14-23(29)17-7-9-18(10-8-17)25(30)28(3)16-24(32-5)33-6/h7-13,24H,14-16H2,1-6H3. The van der Waals surface area contributed by atoms with Crippen LogP contribution in [-0.4, -0.2) is 69.1 Å². The molecular weight excluding hydrogens is 420 g/mol. The van der Waals surface area contributed by atoms with Crippen molar-refractivity contribution in [2.24, 2.45) is 4.99 Å². The van der Waals surface area contributed by atoms with Crippen LogP contribution in [0.5, 0.6) is 5.75 Å². The van der Waals surface area contributed by atoms with Gasteiger partial charge in [-0.15, -0.1) is 0 Å². The molecule has 0 fully saturated rings. The average molecular weight is 453 g/mol. The summed E-state index contributed by atoms with van der Waals surface area (Å²) < 4.78 is 15.7. The van der Waals surface area contributed by atoms with E-state index in [4.69, 9.17) is 19.2 Å². The molecule has 0 bridgehead atoms. The van der Waals surface area contributed by atoms with Gasteiger partial charge in [0.15, 0.2) is 12.1 Å². The largest absolute Gasteiger partial charge is 0.497 e. The third-order valence-corrected chi connectivity index (χ3v) is 5.77. The van der Waals surface area contributed by atoms with Crippen LogP contribution < -0.4 is 4.74 Å². The number of hydrogen-bond acceptors (Lipinski definition) is 6. The number of benzene rings is 2. The summed E-state index contributed by atoms with van der Waals surface area (Å²) in [6.45, 7) is 4.43. The van der Waals surface area contributed by atoms with E-state index in [0.29, 0.717) is 17.7 Å². The van der Waals surface area contributed by atoms with Gasteiger partial charge in [0, 0.05) is 38.0 Å². The lowest BCUT2D eigenvalue weighted by atomic mass is 9.85. The van der Waals surface area contributed by atoms with Gasteiger partial charge >= 0.3 is 0 Å². The van der Waals surface area contributed by atoms with Crippen molar-refractivity contribution in [3.8, 4) is 5.75 Å². The molecule has 0 spiro atoms. The highest BCUT2D eigenvalue weighted by atomic mass is 16.7. The van der Waals surface area contributed by atoms with Crippen molar-refractivity contribution in [2.75, 3.05) is 34.9 Å². The third-order valence-electron chi connectivity index (χ3n) is 5.77. The SMILES string of the molecule is COc1ccc2c(c1)C(CC(=O)c1ccc(C(=O)N(C)CC(OC)OC)cc1)=NC(C)(C)C2. The predicted octanol–water partition coefficient (Wildman–Crippen LogP) is 3.78. The minimum absolute atomic E-state index is 0.0496. The summed E-state index contributed by atoms with van der Waals surface area (Å²) in [6.07, 6.45) is 0.489. The Balaban J connectivity index is 1.76. The molecule has 2 aromatic rings. The molecule has 1 heterocycles. The van der Waals surface area contributed by atoms with Gasteiger partial charge in [-0.3, -0.25) is 14.6 Å². The number of ketones is 1. The Bertz CT molecular complexity index is 1040. The van der Waals surface area contributed by atoms with Gasteiger partial charge in [-0.25, -0.2) is 0 Å². The molecule has 2 aromatic carbocycles. The normalized spacial score (nSPS) is 14.5. The molecular formula is C26H32N2O5. The van der Waals surface area contributed by atoms with Gasteiger partial charge in [-0.1, -0.05) is 18.2 Å². The van der Waals surface area contributed by atoms with Crippen molar-refractivity contribution in [1.29, 1.82) is 0 Å². The van der Waals surface area contributed by atoms with Crippen LogP contribution in [0.2, 0.25) is 0 Å².